The van der Waals surface area contributed by atoms with Gasteiger partial charge in [0.1, 0.15) is 24.4 Å². The lowest BCUT2D eigenvalue weighted by molar-refractivity contribution is -0.305. The highest BCUT2D eigenvalue weighted by molar-refractivity contribution is 5.80. The van der Waals surface area contributed by atoms with E-state index in [1.54, 1.807) is 6.08 Å². The molecular weight excluding hydrogens is 979 g/mol. The van der Waals surface area contributed by atoms with Crippen LogP contribution in [0.3, 0.4) is 0 Å². The maximum Gasteiger partial charge on any atom is 0.306 e. The summed E-state index contributed by atoms with van der Waals surface area (Å²) in [6.45, 7) is 5.82. The fourth-order valence-electron chi connectivity index (χ4n) is 10.8. The van der Waals surface area contributed by atoms with Gasteiger partial charge in [0.25, 0.3) is 0 Å². The first-order valence-corrected chi connectivity index (χ1v) is 33.6. The standard InChI is InChI=1S/C67H127NO10/c1-4-7-10-13-16-19-22-25-27-28-29-30-31-32-33-34-36-39-42-45-48-51-54-60(71)66(75)68-58(59(70)53-50-47-44-41-38-35-24-21-18-15-12-9-6-3)57-76-67-65(64(74)63(73)61(56-69)77-67)78-62(72)55-52-49-46-43-40-37-26-23-20-17-14-11-8-5-2/h37,40,50,53,58-61,63-65,67,69-71,73-74H,4-36,38-39,41-49,51-52,54-57H2,1-3H3,(H,68,75)/b40-37-,53-50+. The lowest BCUT2D eigenvalue weighted by atomic mass is 9.99. The third kappa shape index (κ3) is 42.9. The van der Waals surface area contributed by atoms with Gasteiger partial charge in [-0.1, -0.05) is 295 Å². The van der Waals surface area contributed by atoms with E-state index in [0.29, 0.717) is 19.3 Å². The first-order valence-electron chi connectivity index (χ1n) is 33.6. The van der Waals surface area contributed by atoms with Crippen LogP contribution >= 0.6 is 0 Å². The maximum absolute atomic E-state index is 13.5. The fraction of sp³-hybridized carbons (Fsp3) is 0.910. The average Bonchev–Trinajstić information content (AvgIpc) is 3.46. The molecule has 1 fully saturated rings. The molecule has 0 aromatic heterocycles. The van der Waals surface area contributed by atoms with Crippen LogP contribution < -0.4 is 5.32 Å². The molecule has 0 radical (unpaired) electrons. The number of aliphatic hydroxyl groups is 5. The minimum absolute atomic E-state index is 0.107. The Bertz CT molecular complexity index is 1360. The van der Waals surface area contributed by atoms with Gasteiger partial charge in [-0.15, -0.1) is 0 Å². The minimum atomic E-state index is -1.62. The van der Waals surface area contributed by atoms with Crippen molar-refractivity contribution in [3.63, 3.8) is 0 Å². The molecule has 8 unspecified atom stereocenters. The van der Waals surface area contributed by atoms with Crippen molar-refractivity contribution in [3.8, 4) is 0 Å². The number of unbranched alkanes of at least 4 members (excludes halogenated alkanes) is 42. The van der Waals surface area contributed by atoms with Crippen LogP contribution in [0.4, 0.5) is 0 Å². The van der Waals surface area contributed by atoms with E-state index in [4.69, 9.17) is 14.2 Å². The first kappa shape index (κ1) is 74.2. The summed E-state index contributed by atoms with van der Waals surface area (Å²) in [6, 6.07) is -1.02. The number of hydrogen-bond donors (Lipinski definition) is 6. The van der Waals surface area contributed by atoms with Crippen molar-refractivity contribution in [3.05, 3.63) is 24.3 Å². The third-order valence-corrected chi connectivity index (χ3v) is 16.1. The van der Waals surface area contributed by atoms with E-state index in [0.717, 1.165) is 64.2 Å². The Hall–Kier alpha value is -1.86. The highest BCUT2D eigenvalue weighted by Gasteiger charge is 2.47. The lowest BCUT2D eigenvalue weighted by Crippen LogP contribution is -2.61. The van der Waals surface area contributed by atoms with Gasteiger partial charge in [0.15, 0.2) is 12.4 Å². The quantitative estimate of drug-likeness (QED) is 0.0195. The second kappa shape index (κ2) is 55.7. The largest absolute Gasteiger partial charge is 0.454 e. The van der Waals surface area contributed by atoms with E-state index in [2.05, 4.69) is 38.2 Å². The van der Waals surface area contributed by atoms with Gasteiger partial charge in [0.05, 0.1) is 25.4 Å². The summed E-state index contributed by atoms with van der Waals surface area (Å²) >= 11 is 0. The predicted molar refractivity (Wildman–Crippen MR) is 324 cm³/mol. The Morgan fingerprint density at radius 3 is 1.24 bits per heavy atom. The van der Waals surface area contributed by atoms with Gasteiger partial charge in [-0.05, 0) is 51.4 Å². The molecule has 0 spiro atoms. The van der Waals surface area contributed by atoms with Crippen LogP contribution in [-0.4, -0.2) is 99.6 Å². The topological polar surface area (TPSA) is 175 Å². The fourth-order valence-corrected chi connectivity index (χ4v) is 10.8. The molecule has 11 nitrogen and oxygen atoms in total. The molecule has 1 heterocycles. The molecule has 0 aliphatic carbocycles. The summed E-state index contributed by atoms with van der Waals surface area (Å²) in [4.78, 5) is 26.6. The van der Waals surface area contributed by atoms with E-state index in [1.807, 2.05) is 6.08 Å². The molecule has 1 aliphatic rings. The average molecular weight is 1110 g/mol. The molecule has 1 saturated heterocycles. The molecule has 460 valence electrons. The van der Waals surface area contributed by atoms with Crippen molar-refractivity contribution in [2.24, 2.45) is 0 Å². The van der Waals surface area contributed by atoms with Gasteiger partial charge in [-0.3, -0.25) is 9.59 Å². The number of aliphatic hydroxyl groups excluding tert-OH is 5. The number of carbonyl (C=O) groups excluding carboxylic acids is 2. The summed E-state index contributed by atoms with van der Waals surface area (Å²) in [7, 11) is 0. The zero-order valence-electron chi connectivity index (χ0n) is 51.1. The number of allylic oxidation sites excluding steroid dienone is 3. The monoisotopic (exact) mass is 1110 g/mol. The van der Waals surface area contributed by atoms with Crippen LogP contribution in [0.1, 0.15) is 329 Å². The normalized spacial score (nSPS) is 19.0. The molecule has 1 amide bonds. The molecule has 1 rings (SSSR count). The molecule has 0 aromatic rings. The van der Waals surface area contributed by atoms with Crippen LogP contribution in [0.2, 0.25) is 0 Å². The Labute approximate surface area is 480 Å². The summed E-state index contributed by atoms with van der Waals surface area (Å²) in [5.41, 5.74) is 0. The van der Waals surface area contributed by atoms with E-state index < -0.39 is 67.4 Å². The summed E-state index contributed by atoms with van der Waals surface area (Å²) < 4.78 is 17.6. The predicted octanol–water partition coefficient (Wildman–Crippen LogP) is 16.5. The Balaban J connectivity index is 2.62. The molecule has 0 saturated carbocycles. The van der Waals surface area contributed by atoms with Gasteiger partial charge in [0, 0.05) is 6.42 Å². The zero-order valence-corrected chi connectivity index (χ0v) is 51.1. The van der Waals surface area contributed by atoms with E-state index >= 15 is 0 Å². The lowest BCUT2D eigenvalue weighted by Gasteiger charge is -2.41. The van der Waals surface area contributed by atoms with Crippen molar-refractivity contribution in [2.45, 2.75) is 378 Å². The summed E-state index contributed by atoms with van der Waals surface area (Å²) in [5.74, 6) is -1.20. The van der Waals surface area contributed by atoms with Gasteiger partial charge < -0.3 is 45.1 Å². The van der Waals surface area contributed by atoms with Crippen molar-refractivity contribution < 1.29 is 49.3 Å². The van der Waals surface area contributed by atoms with Crippen LogP contribution in [0.5, 0.6) is 0 Å². The number of esters is 1. The smallest absolute Gasteiger partial charge is 0.306 e. The second-order valence-electron chi connectivity index (χ2n) is 23.6. The summed E-state index contributed by atoms with van der Waals surface area (Å²) in [6.07, 6.45) is 55.1. The minimum Gasteiger partial charge on any atom is -0.454 e. The van der Waals surface area contributed by atoms with Crippen molar-refractivity contribution in [1.29, 1.82) is 0 Å². The number of nitrogens with one attached hydrogen (secondary N) is 1. The van der Waals surface area contributed by atoms with Crippen LogP contribution in [0, 0.1) is 0 Å². The van der Waals surface area contributed by atoms with Gasteiger partial charge in [0.2, 0.25) is 5.91 Å². The number of amides is 1. The number of ether oxygens (including phenoxy) is 3. The number of rotatable bonds is 58. The Morgan fingerprint density at radius 2 is 0.846 bits per heavy atom. The SMILES string of the molecule is CCCCCCCCC/C=C\CCCCCC(=O)OC1C(OCC(NC(=O)C(O)CCCCCCCCCCCCCCCCCCCCCCCC)C(O)/C=C/CCCCCCCCCCCCC)OC(CO)C(O)C1O. The highest BCUT2D eigenvalue weighted by Crippen LogP contribution is 2.26. The van der Waals surface area contributed by atoms with Gasteiger partial charge in [-0.25, -0.2) is 0 Å². The second-order valence-corrected chi connectivity index (χ2v) is 23.6. The van der Waals surface area contributed by atoms with Crippen LogP contribution in [0.15, 0.2) is 24.3 Å². The van der Waals surface area contributed by atoms with Gasteiger partial charge >= 0.3 is 5.97 Å². The van der Waals surface area contributed by atoms with Crippen molar-refractivity contribution >= 4 is 11.9 Å². The molecule has 78 heavy (non-hydrogen) atoms. The molecule has 0 aromatic carbocycles. The number of carbonyl (C=O) groups is 2. The maximum atomic E-state index is 13.5. The Morgan fingerprint density at radius 1 is 0.487 bits per heavy atom. The van der Waals surface area contributed by atoms with Crippen molar-refractivity contribution in [1.82, 2.24) is 5.32 Å². The molecule has 8 atom stereocenters. The third-order valence-electron chi connectivity index (χ3n) is 16.1. The Kier molecular flexibility index (Phi) is 52.9. The summed E-state index contributed by atoms with van der Waals surface area (Å²) in [5, 5.41) is 57.1. The zero-order chi connectivity index (χ0) is 56.8. The molecule has 11 heteroatoms. The van der Waals surface area contributed by atoms with E-state index in [-0.39, 0.29) is 13.0 Å². The molecular formula is C67H127NO10. The van der Waals surface area contributed by atoms with Crippen LogP contribution in [0.25, 0.3) is 0 Å². The van der Waals surface area contributed by atoms with E-state index in [9.17, 15) is 35.1 Å². The van der Waals surface area contributed by atoms with Crippen LogP contribution in [-0.2, 0) is 23.8 Å². The molecule has 0 bridgehead atoms. The molecule has 1 aliphatic heterocycles. The highest BCUT2D eigenvalue weighted by atomic mass is 16.7. The van der Waals surface area contributed by atoms with Gasteiger partial charge in [-0.2, -0.15) is 0 Å². The number of hydrogen-bond acceptors (Lipinski definition) is 10. The first-order chi connectivity index (χ1) is 38.2. The van der Waals surface area contributed by atoms with Crippen molar-refractivity contribution in [2.75, 3.05) is 13.2 Å². The molecule has 6 N–H and O–H groups in total. The van der Waals surface area contributed by atoms with E-state index in [1.165, 1.54) is 218 Å².